The van der Waals surface area contributed by atoms with Gasteiger partial charge in [0.1, 0.15) is 0 Å². The molecule has 0 saturated heterocycles. The van der Waals surface area contributed by atoms with Crippen LogP contribution < -0.4 is 5.32 Å². The third-order valence-electron chi connectivity index (χ3n) is 3.41. The predicted molar refractivity (Wildman–Crippen MR) is 84.7 cm³/mol. The summed E-state index contributed by atoms with van der Waals surface area (Å²) in [6, 6.07) is 1.17. The Bertz CT molecular complexity index is 197. The monoisotopic (exact) mass is 272 g/mol. The van der Waals surface area contributed by atoms with Crippen molar-refractivity contribution in [3.05, 3.63) is 0 Å². The van der Waals surface area contributed by atoms with Crippen LogP contribution in [0.5, 0.6) is 0 Å². The second-order valence-electron chi connectivity index (χ2n) is 6.38. The molecule has 3 heteroatoms. The van der Waals surface area contributed by atoms with Crippen LogP contribution >= 0.6 is 0 Å². The number of ether oxygens (including phenoxy) is 1. The first-order valence-electron chi connectivity index (χ1n) is 7.96. The van der Waals surface area contributed by atoms with Crippen molar-refractivity contribution in [2.24, 2.45) is 5.92 Å². The Kier molecular flexibility index (Phi) is 10.6. The lowest BCUT2D eigenvalue weighted by Gasteiger charge is -2.31. The van der Waals surface area contributed by atoms with Gasteiger partial charge in [0.25, 0.3) is 0 Å². The molecule has 0 heterocycles. The zero-order valence-electron chi connectivity index (χ0n) is 14.2. The second-order valence-corrected chi connectivity index (χ2v) is 6.38. The summed E-state index contributed by atoms with van der Waals surface area (Å²) in [5.41, 5.74) is 0. The Labute approximate surface area is 121 Å². The molecule has 0 rings (SSSR count). The topological polar surface area (TPSA) is 24.5 Å². The van der Waals surface area contributed by atoms with Crippen LogP contribution in [0.2, 0.25) is 0 Å². The van der Waals surface area contributed by atoms with Gasteiger partial charge in [-0.2, -0.15) is 0 Å². The third-order valence-corrected chi connectivity index (χ3v) is 3.41. The van der Waals surface area contributed by atoms with E-state index in [9.17, 15) is 0 Å². The predicted octanol–water partition coefficient (Wildman–Crippen LogP) is 3.15. The van der Waals surface area contributed by atoms with E-state index in [1.54, 1.807) is 0 Å². The lowest BCUT2D eigenvalue weighted by Crippen LogP contribution is -2.40. The fourth-order valence-electron chi connectivity index (χ4n) is 2.29. The smallest absolute Gasteiger partial charge is 0.0697 e. The minimum absolute atomic E-state index is 0.347. The molecule has 0 aliphatic rings. The number of nitrogens with one attached hydrogen (secondary N) is 1. The van der Waals surface area contributed by atoms with E-state index in [0.29, 0.717) is 24.1 Å². The highest BCUT2D eigenvalue weighted by molar-refractivity contribution is 4.68. The number of hydrogen-bond donors (Lipinski definition) is 1. The number of rotatable bonds is 11. The fraction of sp³-hybridized carbons (Fsp3) is 1.00. The van der Waals surface area contributed by atoms with E-state index in [4.69, 9.17) is 4.74 Å². The molecule has 0 saturated carbocycles. The molecule has 0 aliphatic carbocycles. The van der Waals surface area contributed by atoms with Crippen LogP contribution in [0.1, 0.15) is 54.9 Å². The van der Waals surface area contributed by atoms with Crippen LogP contribution in [0.3, 0.4) is 0 Å². The summed E-state index contributed by atoms with van der Waals surface area (Å²) in [7, 11) is 0. The van der Waals surface area contributed by atoms with Crippen molar-refractivity contribution in [1.29, 1.82) is 0 Å². The average molecular weight is 272 g/mol. The highest BCUT2D eigenvalue weighted by Gasteiger charge is 2.14. The van der Waals surface area contributed by atoms with E-state index in [-0.39, 0.29) is 0 Å². The minimum atomic E-state index is 0.347. The lowest BCUT2D eigenvalue weighted by molar-refractivity contribution is 0.0237. The molecule has 0 bridgehead atoms. The third kappa shape index (κ3) is 9.42. The minimum Gasteiger partial charge on any atom is -0.376 e. The van der Waals surface area contributed by atoms with Crippen molar-refractivity contribution in [1.82, 2.24) is 10.2 Å². The van der Waals surface area contributed by atoms with Crippen molar-refractivity contribution in [2.45, 2.75) is 73.1 Å². The Morgan fingerprint density at radius 1 is 0.947 bits per heavy atom. The van der Waals surface area contributed by atoms with Crippen LogP contribution in [0.15, 0.2) is 0 Å². The van der Waals surface area contributed by atoms with Gasteiger partial charge in [0, 0.05) is 25.2 Å². The summed E-state index contributed by atoms with van der Waals surface area (Å²) in [6.45, 7) is 19.6. The van der Waals surface area contributed by atoms with Gasteiger partial charge in [-0.3, -0.25) is 4.90 Å². The molecule has 0 aliphatic heterocycles. The van der Waals surface area contributed by atoms with Gasteiger partial charge in [-0.25, -0.2) is 0 Å². The molecule has 0 fully saturated rings. The van der Waals surface area contributed by atoms with E-state index < -0.39 is 0 Å². The first-order chi connectivity index (χ1) is 8.88. The largest absolute Gasteiger partial charge is 0.376 e. The van der Waals surface area contributed by atoms with Crippen LogP contribution in [-0.4, -0.2) is 49.3 Å². The first-order valence-corrected chi connectivity index (χ1v) is 7.96. The Balaban J connectivity index is 3.87. The molecule has 1 N–H and O–H groups in total. The molecule has 0 aromatic carbocycles. The first kappa shape index (κ1) is 18.9. The number of nitrogens with zero attached hydrogens (tertiary/aromatic N) is 1. The molecular formula is C16H36N2O. The van der Waals surface area contributed by atoms with E-state index in [0.717, 1.165) is 32.7 Å². The molecule has 0 aromatic rings. The van der Waals surface area contributed by atoms with E-state index in [2.05, 4.69) is 58.7 Å². The second kappa shape index (κ2) is 10.6. The molecule has 1 atom stereocenters. The van der Waals surface area contributed by atoms with Gasteiger partial charge in [0.15, 0.2) is 0 Å². The Morgan fingerprint density at radius 2 is 1.53 bits per heavy atom. The molecular weight excluding hydrogens is 236 g/mol. The average Bonchev–Trinajstić information content (AvgIpc) is 2.30. The standard InChI is InChI=1S/C16H36N2O/c1-8-16(12-17-11-13(2)3)19-10-9-18(14(4)5)15(6)7/h13-17H,8-12H2,1-7H3. The molecule has 3 nitrogen and oxygen atoms in total. The fourth-order valence-corrected chi connectivity index (χ4v) is 2.29. The SMILES string of the molecule is CCC(CNCC(C)C)OCCN(C(C)C)C(C)C. The Hall–Kier alpha value is -0.120. The van der Waals surface area contributed by atoms with Crippen molar-refractivity contribution in [2.75, 3.05) is 26.2 Å². The van der Waals surface area contributed by atoms with Gasteiger partial charge in [-0.15, -0.1) is 0 Å². The van der Waals surface area contributed by atoms with Crippen molar-refractivity contribution < 1.29 is 4.74 Å². The summed E-state index contributed by atoms with van der Waals surface area (Å²) in [5, 5.41) is 3.48. The summed E-state index contributed by atoms with van der Waals surface area (Å²) < 4.78 is 6.00. The summed E-state index contributed by atoms with van der Waals surface area (Å²) in [4.78, 5) is 2.48. The van der Waals surface area contributed by atoms with Gasteiger partial charge in [-0.05, 0) is 46.6 Å². The van der Waals surface area contributed by atoms with Gasteiger partial charge in [0.05, 0.1) is 12.7 Å². The highest BCUT2D eigenvalue weighted by atomic mass is 16.5. The lowest BCUT2D eigenvalue weighted by atomic mass is 10.2. The molecule has 0 radical (unpaired) electrons. The van der Waals surface area contributed by atoms with Crippen LogP contribution in [0.25, 0.3) is 0 Å². The maximum atomic E-state index is 6.00. The van der Waals surface area contributed by atoms with Gasteiger partial charge in [-0.1, -0.05) is 20.8 Å². The quantitative estimate of drug-likeness (QED) is 0.625. The normalized spacial score (nSPS) is 14.1. The summed E-state index contributed by atoms with van der Waals surface area (Å²) in [6.07, 6.45) is 1.42. The van der Waals surface area contributed by atoms with Crippen molar-refractivity contribution in [3.8, 4) is 0 Å². The van der Waals surface area contributed by atoms with Crippen LogP contribution in [0, 0.1) is 5.92 Å². The highest BCUT2D eigenvalue weighted by Crippen LogP contribution is 2.05. The van der Waals surface area contributed by atoms with Crippen LogP contribution in [-0.2, 0) is 4.74 Å². The van der Waals surface area contributed by atoms with Crippen molar-refractivity contribution in [3.63, 3.8) is 0 Å². The summed E-state index contributed by atoms with van der Waals surface area (Å²) >= 11 is 0. The molecule has 1 unspecified atom stereocenters. The van der Waals surface area contributed by atoms with Gasteiger partial charge in [0.2, 0.25) is 0 Å². The molecule has 0 aromatic heterocycles. The van der Waals surface area contributed by atoms with Crippen LogP contribution in [0.4, 0.5) is 0 Å². The van der Waals surface area contributed by atoms with E-state index in [1.165, 1.54) is 0 Å². The van der Waals surface area contributed by atoms with Gasteiger partial charge < -0.3 is 10.1 Å². The maximum absolute atomic E-state index is 6.00. The van der Waals surface area contributed by atoms with Gasteiger partial charge >= 0.3 is 0 Å². The number of hydrogen-bond acceptors (Lipinski definition) is 3. The molecule has 19 heavy (non-hydrogen) atoms. The molecule has 0 amide bonds. The maximum Gasteiger partial charge on any atom is 0.0697 e. The van der Waals surface area contributed by atoms with E-state index in [1.807, 2.05) is 0 Å². The summed E-state index contributed by atoms with van der Waals surface area (Å²) in [5.74, 6) is 0.704. The zero-order chi connectivity index (χ0) is 14.8. The zero-order valence-corrected chi connectivity index (χ0v) is 14.2. The molecule has 0 spiro atoms. The molecule has 116 valence electrons. The van der Waals surface area contributed by atoms with Crippen molar-refractivity contribution >= 4 is 0 Å². The van der Waals surface area contributed by atoms with E-state index >= 15 is 0 Å². The Morgan fingerprint density at radius 3 is 1.95 bits per heavy atom.